The minimum atomic E-state index is -0.701. The van der Waals surface area contributed by atoms with Gasteiger partial charge in [0.2, 0.25) is 11.8 Å². The van der Waals surface area contributed by atoms with Crippen LogP contribution in [0.2, 0.25) is 0 Å². The number of amides is 2. The van der Waals surface area contributed by atoms with Gasteiger partial charge in [-0.05, 0) is 50.4 Å². The van der Waals surface area contributed by atoms with Crippen LogP contribution in [0.4, 0.5) is 0 Å². The molecule has 2 amide bonds. The Hall–Kier alpha value is -1.06. The molecule has 0 aromatic rings. The molecule has 1 aliphatic heterocycles. The van der Waals surface area contributed by atoms with Crippen LogP contribution in [0.25, 0.3) is 0 Å². The molecule has 3 rings (SSSR count). The number of rotatable bonds is 4. The molecule has 1 saturated heterocycles. The Morgan fingerprint density at radius 3 is 2.53 bits per heavy atom. The summed E-state index contributed by atoms with van der Waals surface area (Å²) in [5.74, 6) is 0.976. The van der Waals surface area contributed by atoms with Crippen molar-refractivity contribution in [3.05, 3.63) is 0 Å². The third kappa shape index (κ3) is 2.26. The van der Waals surface area contributed by atoms with Crippen LogP contribution in [-0.4, -0.2) is 35.3 Å². The zero-order valence-corrected chi connectivity index (χ0v) is 12.0. The molecule has 4 nitrogen and oxygen atoms in total. The molecule has 3 aliphatic rings. The third-order valence-electron chi connectivity index (χ3n) is 5.33. The summed E-state index contributed by atoms with van der Waals surface area (Å²) in [6, 6.07) is 0. The van der Waals surface area contributed by atoms with Gasteiger partial charge in [-0.25, -0.2) is 0 Å². The molecule has 106 valence electrons. The second-order valence-corrected chi connectivity index (χ2v) is 6.85. The predicted octanol–water partition coefficient (Wildman–Crippen LogP) is 1.69. The highest BCUT2D eigenvalue weighted by atomic mass is 16.2. The van der Waals surface area contributed by atoms with Crippen molar-refractivity contribution in [1.82, 2.24) is 10.2 Å². The van der Waals surface area contributed by atoms with E-state index in [4.69, 9.17) is 0 Å². The van der Waals surface area contributed by atoms with E-state index in [1.54, 1.807) is 0 Å². The van der Waals surface area contributed by atoms with E-state index < -0.39 is 5.54 Å². The minimum Gasteiger partial charge on any atom is -0.342 e. The molecule has 0 spiro atoms. The second-order valence-electron chi connectivity index (χ2n) is 6.85. The fraction of sp³-hybridized carbons (Fsp3) is 0.867. The van der Waals surface area contributed by atoms with Crippen molar-refractivity contribution in [2.75, 3.05) is 13.1 Å². The fourth-order valence-electron chi connectivity index (χ4n) is 3.43. The van der Waals surface area contributed by atoms with Gasteiger partial charge in [0.15, 0.2) is 0 Å². The molecule has 3 fully saturated rings. The third-order valence-corrected chi connectivity index (χ3v) is 5.33. The van der Waals surface area contributed by atoms with Gasteiger partial charge in [0.05, 0.1) is 0 Å². The van der Waals surface area contributed by atoms with Gasteiger partial charge in [-0.3, -0.25) is 9.59 Å². The van der Waals surface area contributed by atoms with Gasteiger partial charge >= 0.3 is 0 Å². The largest absolute Gasteiger partial charge is 0.342 e. The monoisotopic (exact) mass is 264 g/mol. The lowest BCUT2D eigenvalue weighted by Crippen LogP contribution is -2.55. The maximum atomic E-state index is 12.7. The van der Waals surface area contributed by atoms with Gasteiger partial charge in [0.25, 0.3) is 0 Å². The summed E-state index contributed by atoms with van der Waals surface area (Å²) in [6.07, 6.45) is 6.32. The van der Waals surface area contributed by atoms with Gasteiger partial charge in [-0.1, -0.05) is 6.92 Å². The smallest absolute Gasteiger partial charge is 0.248 e. The molecular weight excluding hydrogens is 240 g/mol. The standard InChI is InChI=1S/C15H24N2O2/c1-3-14(2)13(19)17(9-6-12(18)16-14)10-15(7-8-15)11-4-5-11/h11H,3-10H2,1-2H3,(H,16,18). The molecule has 1 atom stereocenters. The first-order chi connectivity index (χ1) is 8.99. The van der Waals surface area contributed by atoms with Crippen LogP contribution in [0.5, 0.6) is 0 Å². The summed E-state index contributed by atoms with van der Waals surface area (Å²) in [5, 5.41) is 2.91. The minimum absolute atomic E-state index is 0.0106. The van der Waals surface area contributed by atoms with E-state index in [9.17, 15) is 9.59 Å². The highest BCUT2D eigenvalue weighted by Crippen LogP contribution is 2.61. The quantitative estimate of drug-likeness (QED) is 0.840. The SMILES string of the molecule is CCC1(C)NC(=O)CCN(CC2(C3CC3)CC2)C1=O. The molecule has 1 unspecified atom stereocenters. The maximum absolute atomic E-state index is 12.7. The van der Waals surface area contributed by atoms with Crippen LogP contribution < -0.4 is 5.32 Å². The van der Waals surface area contributed by atoms with Crippen LogP contribution in [0.3, 0.4) is 0 Å². The normalized spacial score (nSPS) is 33.9. The molecule has 4 heteroatoms. The van der Waals surface area contributed by atoms with Crippen LogP contribution in [-0.2, 0) is 9.59 Å². The molecule has 2 saturated carbocycles. The maximum Gasteiger partial charge on any atom is 0.248 e. The molecule has 0 bridgehead atoms. The van der Waals surface area contributed by atoms with Crippen LogP contribution in [0.15, 0.2) is 0 Å². The summed E-state index contributed by atoms with van der Waals surface area (Å²) in [6.45, 7) is 5.30. The number of nitrogens with one attached hydrogen (secondary N) is 1. The summed E-state index contributed by atoms with van der Waals surface area (Å²) in [7, 11) is 0. The molecule has 19 heavy (non-hydrogen) atoms. The first kappa shape index (κ1) is 12.9. The first-order valence-corrected chi connectivity index (χ1v) is 7.59. The van der Waals surface area contributed by atoms with Crippen molar-refractivity contribution >= 4 is 11.8 Å². The molecular formula is C15H24N2O2. The van der Waals surface area contributed by atoms with Crippen LogP contribution >= 0.6 is 0 Å². The van der Waals surface area contributed by atoms with E-state index in [2.05, 4.69) is 5.32 Å². The zero-order valence-electron chi connectivity index (χ0n) is 12.0. The average Bonchev–Trinajstić information content (AvgIpc) is 3.24. The number of carbonyl (C=O) groups excluding carboxylic acids is 2. The van der Waals surface area contributed by atoms with E-state index in [0.717, 1.165) is 12.5 Å². The van der Waals surface area contributed by atoms with Crippen molar-refractivity contribution in [3.8, 4) is 0 Å². The highest BCUT2D eigenvalue weighted by molar-refractivity contribution is 5.93. The first-order valence-electron chi connectivity index (χ1n) is 7.59. The van der Waals surface area contributed by atoms with Crippen molar-refractivity contribution < 1.29 is 9.59 Å². The number of carbonyl (C=O) groups is 2. The lowest BCUT2D eigenvalue weighted by atomic mass is 9.95. The summed E-state index contributed by atoms with van der Waals surface area (Å²) >= 11 is 0. The van der Waals surface area contributed by atoms with Gasteiger partial charge in [-0.2, -0.15) is 0 Å². The van der Waals surface area contributed by atoms with E-state index in [1.807, 2.05) is 18.7 Å². The summed E-state index contributed by atoms with van der Waals surface area (Å²) in [4.78, 5) is 26.5. The lowest BCUT2D eigenvalue weighted by molar-refractivity contribution is -0.139. The number of hydrogen-bond donors (Lipinski definition) is 1. The van der Waals surface area contributed by atoms with Gasteiger partial charge in [-0.15, -0.1) is 0 Å². The van der Waals surface area contributed by atoms with Crippen molar-refractivity contribution in [1.29, 1.82) is 0 Å². The van der Waals surface area contributed by atoms with Crippen molar-refractivity contribution in [2.45, 2.75) is 57.9 Å². The Morgan fingerprint density at radius 2 is 2.00 bits per heavy atom. The number of hydrogen-bond acceptors (Lipinski definition) is 2. The summed E-state index contributed by atoms with van der Waals surface area (Å²) in [5.41, 5.74) is -0.287. The molecule has 2 aliphatic carbocycles. The van der Waals surface area contributed by atoms with Gasteiger partial charge in [0.1, 0.15) is 5.54 Å². The van der Waals surface area contributed by atoms with Crippen molar-refractivity contribution in [2.24, 2.45) is 11.3 Å². The van der Waals surface area contributed by atoms with Crippen LogP contribution in [0.1, 0.15) is 52.4 Å². The molecule has 0 aromatic carbocycles. The Kier molecular flexibility index (Phi) is 2.88. The summed E-state index contributed by atoms with van der Waals surface area (Å²) < 4.78 is 0. The van der Waals surface area contributed by atoms with E-state index in [0.29, 0.717) is 24.8 Å². The molecule has 1 heterocycles. The fourth-order valence-corrected chi connectivity index (χ4v) is 3.43. The number of nitrogens with zero attached hydrogens (tertiary/aromatic N) is 1. The van der Waals surface area contributed by atoms with E-state index in [1.165, 1.54) is 25.7 Å². The Bertz CT molecular complexity index is 412. The van der Waals surface area contributed by atoms with Crippen molar-refractivity contribution in [3.63, 3.8) is 0 Å². The van der Waals surface area contributed by atoms with Gasteiger partial charge < -0.3 is 10.2 Å². The Balaban J connectivity index is 1.76. The zero-order chi connectivity index (χ0) is 13.7. The average molecular weight is 264 g/mol. The molecule has 1 N–H and O–H groups in total. The van der Waals surface area contributed by atoms with Gasteiger partial charge in [0, 0.05) is 19.5 Å². The topological polar surface area (TPSA) is 49.4 Å². The second kappa shape index (κ2) is 4.22. The van der Waals surface area contributed by atoms with Crippen LogP contribution in [0, 0.1) is 11.3 Å². The Labute approximate surface area is 114 Å². The highest BCUT2D eigenvalue weighted by Gasteiger charge is 2.55. The molecule has 0 radical (unpaired) electrons. The lowest BCUT2D eigenvalue weighted by Gasteiger charge is -2.33. The van der Waals surface area contributed by atoms with E-state index in [-0.39, 0.29) is 11.8 Å². The molecule has 0 aromatic heterocycles. The predicted molar refractivity (Wildman–Crippen MR) is 72.4 cm³/mol. The Morgan fingerprint density at radius 1 is 1.32 bits per heavy atom. The van der Waals surface area contributed by atoms with E-state index >= 15 is 0 Å².